The number of benzene rings is 2. The van der Waals surface area contributed by atoms with Crippen LogP contribution in [0.25, 0.3) is 0 Å². The molecule has 2 aromatic rings. The average molecular weight is 376 g/mol. The topological polar surface area (TPSA) is 99.4 Å². The maximum atomic E-state index is 10.1. The molecule has 0 unspecified atom stereocenters. The Balaban J connectivity index is 2.18. The van der Waals surface area contributed by atoms with E-state index in [1.165, 1.54) is 0 Å². The van der Waals surface area contributed by atoms with Crippen LogP contribution in [0.3, 0.4) is 0 Å². The van der Waals surface area contributed by atoms with Gasteiger partial charge in [-0.3, -0.25) is 0 Å². The SMILES string of the molecule is OCCCOc1ccc(C(CO)(CO)c2ccc(OCCCO)cc2)cc1. The number of aliphatic hydroxyl groups is 4. The molecule has 2 aromatic carbocycles. The van der Waals surface area contributed by atoms with Crippen LogP contribution in [0.15, 0.2) is 48.5 Å². The van der Waals surface area contributed by atoms with Crippen molar-refractivity contribution in [3.8, 4) is 11.5 Å². The Bertz CT molecular complexity index is 594. The molecule has 0 aromatic heterocycles. The van der Waals surface area contributed by atoms with Crippen LogP contribution in [0.2, 0.25) is 0 Å². The lowest BCUT2D eigenvalue weighted by atomic mass is 9.76. The first kappa shape index (κ1) is 21.2. The van der Waals surface area contributed by atoms with Gasteiger partial charge in [-0.1, -0.05) is 24.3 Å². The maximum Gasteiger partial charge on any atom is 0.119 e. The van der Waals surface area contributed by atoms with Crippen LogP contribution in [-0.4, -0.2) is 60.1 Å². The summed E-state index contributed by atoms with van der Waals surface area (Å²) in [5, 5.41) is 37.8. The third-order valence-electron chi connectivity index (χ3n) is 4.50. The van der Waals surface area contributed by atoms with Gasteiger partial charge in [-0.2, -0.15) is 0 Å². The zero-order chi connectivity index (χ0) is 19.5. The third-order valence-corrected chi connectivity index (χ3v) is 4.50. The molecular formula is C21H28O6. The summed E-state index contributed by atoms with van der Waals surface area (Å²) in [6.45, 7) is 0.515. The predicted octanol–water partition coefficient (Wildman–Crippen LogP) is 1.48. The van der Waals surface area contributed by atoms with Crippen molar-refractivity contribution in [3.05, 3.63) is 59.7 Å². The van der Waals surface area contributed by atoms with Crippen LogP contribution in [0.1, 0.15) is 24.0 Å². The number of rotatable bonds is 12. The van der Waals surface area contributed by atoms with Gasteiger partial charge >= 0.3 is 0 Å². The lowest BCUT2D eigenvalue weighted by molar-refractivity contribution is 0.143. The lowest BCUT2D eigenvalue weighted by Gasteiger charge is -2.31. The predicted molar refractivity (Wildman–Crippen MR) is 102 cm³/mol. The first-order valence-electron chi connectivity index (χ1n) is 9.10. The molecule has 0 heterocycles. The molecule has 0 aliphatic carbocycles. The molecule has 6 nitrogen and oxygen atoms in total. The van der Waals surface area contributed by atoms with E-state index in [2.05, 4.69) is 0 Å². The monoisotopic (exact) mass is 376 g/mol. The van der Waals surface area contributed by atoms with Crippen molar-refractivity contribution in [2.45, 2.75) is 18.3 Å². The molecule has 27 heavy (non-hydrogen) atoms. The number of hydrogen-bond acceptors (Lipinski definition) is 6. The van der Waals surface area contributed by atoms with Gasteiger partial charge in [0.05, 0.1) is 31.8 Å². The van der Waals surface area contributed by atoms with Crippen LogP contribution >= 0.6 is 0 Å². The Kier molecular flexibility index (Phi) is 8.54. The van der Waals surface area contributed by atoms with Crippen LogP contribution < -0.4 is 9.47 Å². The molecule has 148 valence electrons. The largest absolute Gasteiger partial charge is 0.494 e. The molecule has 2 rings (SSSR count). The van der Waals surface area contributed by atoms with Crippen molar-refractivity contribution in [1.82, 2.24) is 0 Å². The fraction of sp³-hybridized carbons (Fsp3) is 0.429. The van der Waals surface area contributed by atoms with Crippen molar-refractivity contribution in [3.63, 3.8) is 0 Å². The van der Waals surface area contributed by atoms with Gasteiger partial charge in [-0.25, -0.2) is 0 Å². The molecule has 0 amide bonds. The molecule has 0 saturated carbocycles. The molecule has 0 aliphatic rings. The van der Waals surface area contributed by atoms with E-state index in [1.807, 2.05) is 24.3 Å². The highest BCUT2D eigenvalue weighted by atomic mass is 16.5. The van der Waals surface area contributed by atoms with E-state index in [0.29, 0.717) is 37.6 Å². The highest BCUT2D eigenvalue weighted by Crippen LogP contribution is 2.33. The van der Waals surface area contributed by atoms with Crippen molar-refractivity contribution in [2.24, 2.45) is 0 Å². The molecular weight excluding hydrogens is 348 g/mol. The van der Waals surface area contributed by atoms with Crippen molar-refractivity contribution < 1.29 is 29.9 Å². The van der Waals surface area contributed by atoms with E-state index in [9.17, 15) is 10.2 Å². The average Bonchev–Trinajstić information content (AvgIpc) is 2.72. The first-order chi connectivity index (χ1) is 13.2. The van der Waals surface area contributed by atoms with E-state index < -0.39 is 5.41 Å². The minimum absolute atomic E-state index is 0.0793. The van der Waals surface area contributed by atoms with Crippen molar-refractivity contribution in [1.29, 1.82) is 0 Å². The van der Waals surface area contributed by atoms with Gasteiger partial charge in [0, 0.05) is 26.1 Å². The highest BCUT2D eigenvalue weighted by molar-refractivity contribution is 5.43. The second-order valence-corrected chi connectivity index (χ2v) is 6.30. The first-order valence-corrected chi connectivity index (χ1v) is 9.10. The normalized spacial score (nSPS) is 11.4. The molecule has 0 aliphatic heterocycles. The Hall–Kier alpha value is -2.12. The zero-order valence-corrected chi connectivity index (χ0v) is 15.4. The highest BCUT2D eigenvalue weighted by Gasteiger charge is 2.33. The minimum Gasteiger partial charge on any atom is -0.494 e. The summed E-state index contributed by atoms with van der Waals surface area (Å²) in [6.07, 6.45) is 1.12. The van der Waals surface area contributed by atoms with Gasteiger partial charge in [-0.15, -0.1) is 0 Å². The summed E-state index contributed by atoms with van der Waals surface area (Å²) in [7, 11) is 0. The standard InChI is InChI=1S/C21H28O6/c22-11-1-13-26-19-7-3-17(4-8-19)21(15-24,16-25)18-5-9-20(10-6-18)27-14-2-12-23/h3-10,22-25H,1-2,11-16H2. The van der Waals surface area contributed by atoms with Crippen LogP contribution in [0, 0.1) is 0 Å². The maximum absolute atomic E-state index is 10.1. The Morgan fingerprint density at radius 3 is 1.26 bits per heavy atom. The van der Waals surface area contributed by atoms with Gasteiger partial charge in [-0.05, 0) is 35.4 Å². The molecule has 0 radical (unpaired) electrons. The van der Waals surface area contributed by atoms with Gasteiger partial charge in [0.1, 0.15) is 11.5 Å². The second-order valence-electron chi connectivity index (χ2n) is 6.30. The van der Waals surface area contributed by atoms with Crippen LogP contribution in [-0.2, 0) is 5.41 Å². The lowest BCUT2D eigenvalue weighted by Crippen LogP contribution is -2.36. The number of hydrogen-bond donors (Lipinski definition) is 4. The van der Waals surface area contributed by atoms with Crippen LogP contribution in [0.5, 0.6) is 11.5 Å². The molecule has 0 fully saturated rings. The van der Waals surface area contributed by atoms with Crippen molar-refractivity contribution >= 4 is 0 Å². The summed E-state index contributed by atoms with van der Waals surface area (Å²) in [5.74, 6) is 1.34. The third kappa shape index (κ3) is 5.43. The van der Waals surface area contributed by atoms with Gasteiger partial charge in [0.15, 0.2) is 0 Å². The van der Waals surface area contributed by atoms with Gasteiger partial charge in [0.25, 0.3) is 0 Å². The molecule has 4 N–H and O–H groups in total. The summed E-state index contributed by atoms with van der Waals surface area (Å²) in [6, 6.07) is 14.5. The fourth-order valence-electron chi connectivity index (χ4n) is 2.83. The van der Waals surface area contributed by atoms with E-state index >= 15 is 0 Å². The number of ether oxygens (including phenoxy) is 2. The van der Waals surface area contributed by atoms with E-state index in [1.54, 1.807) is 24.3 Å². The summed E-state index contributed by atoms with van der Waals surface area (Å²) < 4.78 is 11.1. The van der Waals surface area contributed by atoms with Gasteiger partial charge in [0.2, 0.25) is 0 Å². The summed E-state index contributed by atoms with van der Waals surface area (Å²) >= 11 is 0. The molecule has 0 spiro atoms. The smallest absolute Gasteiger partial charge is 0.119 e. The molecule has 6 heteroatoms. The minimum atomic E-state index is -0.937. The fourth-order valence-corrected chi connectivity index (χ4v) is 2.83. The summed E-state index contributed by atoms with van der Waals surface area (Å²) in [4.78, 5) is 0. The van der Waals surface area contributed by atoms with E-state index in [-0.39, 0.29) is 26.4 Å². The molecule has 0 bridgehead atoms. The Morgan fingerprint density at radius 2 is 0.963 bits per heavy atom. The Labute approximate surface area is 159 Å². The molecule has 0 saturated heterocycles. The number of aliphatic hydroxyl groups excluding tert-OH is 4. The Morgan fingerprint density at radius 1 is 0.593 bits per heavy atom. The quantitative estimate of drug-likeness (QED) is 0.419. The zero-order valence-electron chi connectivity index (χ0n) is 15.4. The summed E-state index contributed by atoms with van der Waals surface area (Å²) in [5.41, 5.74) is 0.611. The van der Waals surface area contributed by atoms with Crippen molar-refractivity contribution in [2.75, 3.05) is 39.6 Å². The van der Waals surface area contributed by atoms with E-state index in [4.69, 9.17) is 19.7 Å². The van der Waals surface area contributed by atoms with E-state index in [0.717, 1.165) is 11.1 Å². The van der Waals surface area contributed by atoms with Gasteiger partial charge < -0.3 is 29.9 Å². The second kappa shape index (κ2) is 10.9. The van der Waals surface area contributed by atoms with Crippen LogP contribution in [0.4, 0.5) is 0 Å². The molecule has 0 atom stereocenters.